The number of halogens is 4. The highest BCUT2D eigenvalue weighted by atomic mass is 19.4. The summed E-state index contributed by atoms with van der Waals surface area (Å²) < 4.78 is 52.5. The van der Waals surface area contributed by atoms with Crippen LogP contribution in [0.2, 0.25) is 0 Å². The number of benzene rings is 2. The molecule has 0 radical (unpaired) electrons. The number of anilines is 3. The van der Waals surface area contributed by atoms with Crippen molar-refractivity contribution in [2.75, 3.05) is 11.1 Å². The minimum absolute atomic E-state index is 0.00636. The van der Waals surface area contributed by atoms with Crippen molar-refractivity contribution in [2.45, 2.75) is 13.1 Å². The quantitative estimate of drug-likeness (QED) is 0.630. The Hall–Kier alpha value is -2.24. The molecule has 0 unspecified atom stereocenters. The van der Waals surface area contributed by atoms with Gasteiger partial charge in [0, 0.05) is 5.69 Å². The minimum atomic E-state index is -4.57. The van der Waals surface area contributed by atoms with Crippen LogP contribution >= 0.6 is 0 Å². The molecule has 0 fully saturated rings. The Kier molecular flexibility index (Phi) is 3.57. The third-order valence-electron chi connectivity index (χ3n) is 2.83. The number of aryl methyl sites for hydroxylation is 1. The van der Waals surface area contributed by atoms with E-state index in [-0.39, 0.29) is 17.1 Å². The van der Waals surface area contributed by atoms with Gasteiger partial charge in [-0.3, -0.25) is 0 Å². The molecule has 0 saturated heterocycles. The molecule has 2 aromatic carbocycles. The van der Waals surface area contributed by atoms with Gasteiger partial charge in [0.25, 0.3) is 0 Å². The molecule has 0 saturated carbocycles. The van der Waals surface area contributed by atoms with Gasteiger partial charge in [-0.2, -0.15) is 13.2 Å². The van der Waals surface area contributed by atoms with Gasteiger partial charge in [0.15, 0.2) is 0 Å². The molecule has 0 amide bonds. The Morgan fingerprint density at radius 3 is 2.40 bits per heavy atom. The molecule has 0 aromatic heterocycles. The zero-order valence-corrected chi connectivity index (χ0v) is 10.6. The van der Waals surface area contributed by atoms with Crippen molar-refractivity contribution in [1.82, 2.24) is 0 Å². The lowest BCUT2D eigenvalue weighted by molar-refractivity contribution is -0.136. The average molecular weight is 284 g/mol. The van der Waals surface area contributed by atoms with E-state index >= 15 is 0 Å². The number of para-hydroxylation sites is 1. The van der Waals surface area contributed by atoms with Crippen molar-refractivity contribution in [3.8, 4) is 0 Å². The number of alkyl halides is 3. The second-order valence-corrected chi connectivity index (χ2v) is 4.36. The molecule has 0 aliphatic carbocycles. The van der Waals surface area contributed by atoms with Gasteiger partial charge in [0.1, 0.15) is 5.82 Å². The average Bonchev–Trinajstić information content (AvgIpc) is 2.34. The van der Waals surface area contributed by atoms with Gasteiger partial charge in [-0.15, -0.1) is 0 Å². The highest BCUT2D eigenvalue weighted by Gasteiger charge is 2.34. The molecule has 0 aliphatic heterocycles. The first kappa shape index (κ1) is 14.2. The lowest BCUT2D eigenvalue weighted by atomic mass is 10.1. The van der Waals surface area contributed by atoms with E-state index in [1.54, 1.807) is 13.0 Å². The third-order valence-corrected chi connectivity index (χ3v) is 2.83. The van der Waals surface area contributed by atoms with E-state index < -0.39 is 17.6 Å². The number of nitrogens with two attached hydrogens (primary N) is 1. The summed E-state index contributed by atoms with van der Waals surface area (Å²) in [6.07, 6.45) is -4.57. The Labute approximate surface area is 113 Å². The van der Waals surface area contributed by atoms with Gasteiger partial charge in [-0.1, -0.05) is 12.1 Å². The Bertz CT molecular complexity index is 615. The van der Waals surface area contributed by atoms with Gasteiger partial charge >= 0.3 is 6.18 Å². The standard InChI is InChI=1S/C14H12F4N2/c1-8-3-2-4-11(15)13(8)20-12-6-5-9(19)7-10(12)14(16,17)18/h2-7,20H,19H2,1H3. The van der Waals surface area contributed by atoms with Crippen molar-refractivity contribution < 1.29 is 17.6 Å². The maximum Gasteiger partial charge on any atom is 0.418 e. The highest BCUT2D eigenvalue weighted by Crippen LogP contribution is 2.38. The first-order chi connectivity index (χ1) is 9.29. The van der Waals surface area contributed by atoms with Gasteiger partial charge in [-0.05, 0) is 36.8 Å². The van der Waals surface area contributed by atoms with E-state index in [1.807, 2.05) is 0 Å². The number of rotatable bonds is 2. The molecule has 0 bridgehead atoms. The van der Waals surface area contributed by atoms with Crippen LogP contribution < -0.4 is 11.1 Å². The maximum atomic E-state index is 13.7. The number of nitrogens with one attached hydrogen (secondary N) is 1. The summed E-state index contributed by atoms with van der Waals surface area (Å²) in [4.78, 5) is 0. The molecule has 2 aromatic rings. The molecular weight excluding hydrogens is 272 g/mol. The van der Waals surface area contributed by atoms with Gasteiger partial charge in [0.05, 0.1) is 16.9 Å². The lowest BCUT2D eigenvalue weighted by Gasteiger charge is -2.16. The van der Waals surface area contributed by atoms with Crippen LogP contribution in [0.5, 0.6) is 0 Å². The molecule has 0 heterocycles. The summed E-state index contributed by atoms with van der Waals surface area (Å²) in [5.74, 6) is -0.616. The zero-order chi connectivity index (χ0) is 14.9. The van der Waals surface area contributed by atoms with Crippen LogP contribution in [0, 0.1) is 12.7 Å². The Morgan fingerprint density at radius 2 is 1.80 bits per heavy atom. The van der Waals surface area contributed by atoms with Crippen LogP contribution in [-0.2, 0) is 6.18 Å². The second kappa shape index (κ2) is 5.03. The van der Waals surface area contributed by atoms with Crippen molar-refractivity contribution in [1.29, 1.82) is 0 Å². The van der Waals surface area contributed by atoms with Crippen molar-refractivity contribution in [3.05, 3.63) is 53.3 Å². The number of nitrogen functional groups attached to an aromatic ring is 1. The minimum Gasteiger partial charge on any atom is -0.399 e. The first-order valence-electron chi connectivity index (χ1n) is 5.78. The molecule has 0 atom stereocenters. The molecule has 6 heteroatoms. The smallest absolute Gasteiger partial charge is 0.399 e. The SMILES string of the molecule is Cc1cccc(F)c1Nc1ccc(N)cc1C(F)(F)F. The first-order valence-corrected chi connectivity index (χ1v) is 5.78. The largest absolute Gasteiger partial charge is 0.418 e. The van der Waals surface area contributed by atoms with E-state index in [0.717, 1.165) is 6.07 Å². The predicted octanol–water partition coefficient (Wildman–Crippen LogP) is 4.48. The Balaban J connectivity index is 2.49. The van der Waals surface area contributed by atoms with E-state index in [9.17, 15) is 17.6 Å². The van der Waals surface area contributed by atoms with E-state index in [4.69, 9.17) is 5.73 Å². The summed E-state index contributed by atoms with van der Waals surface area (Å²) in [6.45, 7) is 1.61. The fourth-order valence-corrected chi connectivity index (χ4v) is 1.83. The van der Waals surface area contributed by atoms with Gasteiger partial charge in [-0.25, -0.2) is 4.39 Å². The molecule has 0 aliphatic rings. The molecule has 106 valence electrons. The Morgan fingerprint density at radius 1 is 1.10 bits per heavy atom. The van der Waals surface area contributed by atoms with Gasteiger partial charge in [0.2, 0.25) is 0 Å². The van der Waals surface area contributed by atoms with Crippen LogP contribution in [0.15, 0.2) is 36.4 Å². The van der Waals surface area contributed by atoms with E-state index in [0.29, 0.717) is 5.56 Å². The topological polar surface area (TPSA) is 38.0 Å². The molecule has 2 nitrogen and oxygen atoms in total. The monoisotopic (exact) mass is 284 g/mol. The second-order valence-electron chi connectivity index (χ2n) is 4.36. The maximum absolute atomic E-state index is 13.7. The molecule has 2 rings (SSSR count). The summed E-state index contributed by atoms with van der Waals surface area (Å²) in [6, 6.07) is 7.61. The zero-order valence-electron chi connectivity index (χ0n) is 10.6. The van der Waals surface area contributed by atoms with Crippen LogP contribution in [-0.4, -0.2) is 0 Å². The van der Waals surface area contributed by atoms with Crippen LogP contribution in [0.1, 0.15) is 11.1 Å². The lowest BCUT2D eigenvalue weighted by Crippen LogP contribution is -2.10. The number of hydrogen-bond acceptors (Lipinski definition) is 2. The third kappa shape index (κ3) is 2.84. The van der Waals surface area contributed by atoms with Crippen molar-refractivity contribution in [2.24, 2.45) is 0 Å². The van der Waals surface area contributed by atoms with Crippen LogP contribution in [0.25, 0.3) is 0 Å². The van der Waals surface area contributed by atoms with Gasteiger partial charge < -0.3 is 11.1 Å². The summed E-state index contributed by atoms with van der Waals surface area (Å²) in [5.41, 5.74) is 4.73. The molecular formula is C14H12F4N2. The van der Waals surface area contributed by atoms with Crippen LogP contribution in [0.4, 0.5) is 34.6 Å². The van der Waals surface area contributed by atoms with Crippen LogP contribution in [0.3, 0.4) is 0 Å². The highest BCUT2D eigenvalue weighted by molar-refractivity contribution is 5.69. The van der Waals surface area contributed by atoms with E-state index in [2.05, 4.69) is 5.32 Å². The van der Waals surface area contributed by atoms with Crippen molar-refractivity contribution >= 4 is 17.1 Å². The summed E-state index contributed by atoms with van der Waals surface area (Å²) >= 11 is 0. The normalized spacial score (nSPS) is 11.4. The fourth-order valence-electron chi connectivity index (χ4n) is 1.83. The fraction of sp³-hybridized carbons (Fsp3) is 0.143. The molecule has 3 N–H and O–H groups in total. The molecule has 20 heavy (non-hydrogen) atoms. The van der Waals surface area contributed by atoms with Crippen molar-refractivity contribution in [3.63, 3.8) is 0 Å². The molecule has 0 spiro atoms. The predicted molar refractivity (Wildman–Crippen MR) is 70.3 cm³/mol. The summed E-state index contributed by atoms with van der Waals surface area (Å²) in [5, 5.41) is 2.49. The number of hydrogen-bond donors (Lipinski definition) is 2. The van der Waals surface area contributed by atoms with E-state index in [1.165, 1.54) is 24.3 Å². The summed E-state index contributed by atoms with van der Waals surface area (Å²) in [7, 11) is 0.